The van der Waals surface area contributed by atoms with Crippen molar-refractivity contribution in [3.05, 3.63) is 30.2 Å². The highest BCUT2D eigenvalue weighted by atomic mass is 16.5. The van der Waals surface area contributed by atoms with E-state index < -0.39 is 5.91 Å². The largest absolute Gasteiger partial charge is 0.491 e. The molecule has 0 unspecified atom stereocenters. The number of H-pyrrole nitrogens is 1. The molecule has 0 spiro atoms. The van der Waals surface area contributed by atoms with Crippen molar-refractivity contribution < 1.29 is 14.6 Å². The summed E-state index contributed by atoms with van der Waals surface area (Å²) in [5, 5.41) is 10.4. The normalized spacial score (nSPS) is 11.1. The van der Waals surface area contributed by atoms with E-state index in [-0.39, 0.29) is 6.61 Å². The SMILES string of the molecule is NC(=O)c1cc(OCCCO)c2[nH]c3ncncc3c2c1. The van der Waals surface area contributed by atoms with Gasteiger partial charge in [0.15, 0.2) is 0 Å². The minimum Gasteiger partial charge on any atom is -0.491 e. The molecule has 3 aromatic rings. The fraction of sp³-hybridized carbons (Fsp3) is 0.214. The first-order valence-electron chi connectivity index (χ1n) is 6.49. The van der Waals surface area contributed by atoms with E-state index in [9.17, 15) is 4.79 Å². The van der Waals surface area contributed by atoms with Crippen LogP contribution in [0.15, 0.2) is 24.7 Å². The Hall–Kier alpha value is -2.67. The van der Waals surface area contributed by atoms with Crippen molar-refractivity contribution in [2.45, 2.75) is 6.42 Å². The standard InChI is InChI=1S/C14H14N4O3/c15-13(20)8-4-9-10-6-16-7-17-14(10)18-12(9)11(5-8)21-3-1-2-19/h4-7,19H,1-3H2,(H2,15,20)(H,16,17,18). The molecule has 21 heavy (non-hydrogen) atoms. The number of benzene rings is 1. The zero-order valence-electron chi connectivity index (χ0n) is 11.2. The maximum absolute atomic E-state index is 11.5. The molecular formula is C14H14N4O3. The average Bonchev–Trinajstić information content (AvgIpc) is 2.86. The Labute approximate surface area is 119 Å². The molecule has 1 aromatic carbocycles. The molecule has 0 atom stereocenters. The Morgan fingerprint density at radius 3 is 3.00 bits per heavy atom. The number of nitrogens with two attached hydrogens (primary N) is 1. The summed E-state index contributed by atoms with van der Waals surface area (Å²) in [7, 11) is 0. The number of rotatable bonds is 5. The Balaban J connectivity index is 2.20. The molecule has 0 saturated heterocycles. The highest BCUT2D eigenvalue weighted by Gasteiger charge is 2.14. The fourth-order valence-corrected chi connectivity index (χ4v) is 2.20. The first-order valence-corrected chi connectivity index (χ1v) is 6.49. The number of amides is 1. The van der Waals surface area contributed by atoms with Crippen LogP contribution in [0.4, 0.5) is 0 Å². The Morgan fingerprint density at radius 2 is 2.24 bits per heavy atom. The zero-order chi connectivity index (χ0) is 14.8. The third kappa shape index (κ3) is 2.38. The molecule has 108 valence electrons. The number of carbonyl (C=O) groups is 1. The monoisotopic (exact) mass is 286 g/mol. The van der Waals surface area contributed by atoms with Crippen LogP contribution in [0.3, 0.4) is 0 Å². The van der Waals surface area contributed by atoms with Crippen LogP contribution in [0, 0.1) is 0 Å². The van der Waals surface area contributed by atoms with Crippen LogP contribution in [0.5, 0.6) is 5.75 Å². The topological polar surface area (TPSA) is 114 Å². The number of hydrogen-bond donors (Lipinski definition) is 3. The molecule has 0 aliphatic heterocycles. The van der Waals surface area contributed by atoms with Gasteiger partial charge in [0, 0.05) is 35.6 Å². The summed E-state index contributed by atoms with van der Waals surface area (Å²) in [6, 6.07) is 3.28. The van der Waals surface area contributed by atoms with E-state index in [2.05, 4.69) is 15.0 Å². The average molecular weight is 286 g/mol. The summed E-state index contributed by atoms with van der Waals surface area (Å²) in [5.41, 5.74) is 7.11. The molecule has 0 bridgehead atoms. The molecule has 1 amide bonds. The van der Waals surface area contributed by atoms with Crippen LogP contribution in [-0.2, 0) is 0 Å². The molecule has 0 aliphatic carbocycles. The minimum atomic E-state index is -0.532. The number of aliphatic hydroxyl groups excluding tert-OH is 1. The molecule has 3 rings (SSSR count). The smallest absolute Gasteiger partial charge is 0.248 e. The summed E-state index contributed by atoms with van der Waals surface area (Å²) in [6.07, 6.45) is 3.62. The van der Waals surface area contributed by atoms with Crippen molar-refractivity contribution in [2.75, 3.05) is 13.2 Å². The fourth-order valence-electron chi connectivity index (χ4n) is 2.20. The van der Waals surface area contributed by atoms with E-state index in [1.807, 2.05) is 0 Å². The third-order valence-electron chi connectivity index (χ3n) is 3.19. The van der Waals surface area contributed by atoms with Crippen molar-refractivity contribution in [3.8, 4) is 5.75 Å². The number of ether oxygens (including phenoxy) is 1. The van der Waals surface area contributed by atoms with Crippen molar-refractivity contribution in [1.29, 1.82) is 0 Å². The van der Waals surface area contributed by atoms with Gasteiger partial charge in [0.2, 0.25) is 5.91 Å². The van der Waals surface area contributed by atoms with Crippen LogP contribution in [0.25, 0.3) is 21.9 Å². The van der Waals surface area contributed by atoms with Crippen LogP contribution in [0.2, 0.25) is 0 Å². The van der Waals surface area contributed by atoms with E-state index in [4.69, 9.17) is 15.6 Å². The molecule has 4 N–H and O–H groups in total. The minimum absolute atomic E-state index is 0.0385. The van der Waals surface area contributed by atoms with Gasteiger partial charge in [-0.15, -0.1) is 0 Å². The number of hydrogen-bond acceptors (Lipinski definition) is 5. The summed E-state index contributed by atoms with van der Waals surface area (Å²) in [5.74, 6) is -0.0251. The second-order valence-corrected chi connectivity index (χ2v) is 4.60. The number of nitrogens with zero attached hydrogens (tertiary/aromatic N) is 2. The van der Waals surface area contributed by atoms with Crippen LogP contribution < -0.4 is 10.5 Å². The van der Waals surface area contributed by atoms with Crippen LogP contribution >= 0.6 is 0 Å². The molecule has 0 saturated carbocycles. The molecule has 2 heterocycles. The van der Waals surface area contributed by atoms with Gasteiger partial charge in [0.25, 0.3) is 0 Å². The van der Waals surface area contributed by atoms with Gasteiger partial charge in [0.1, 0.15) is 17.7 Å². The number of aromatic nitrogens is 3. The summed E-state index contributed by atoms with van der Waals surface area (Å²) in [6.45, 7) is 0.381. The number of carbonyl (C=O) groups excluding carboxylic acids is 1. The number of nitrogens with one attached hydrogen (secondary N) is 1. The van der Waals surface area contributed by atoms with Gasteiger partial charge in [-0.25, -0.2) is 9.97 Å². The van der Waals surface area contributed by atoms with Gasteiger partial charge in [-0.05, 0) is 12.1 Å². The maximum Gasteiger partial charge on any atom is 0.248 e. The highest BCUT2D eigenvalue weighted by molar-refractivity contribution is 6.10. The lowest BCUT2D eigenvalue weighted by Crippen LogP contribution is -2.11. The molecule has 0 aliphatic rings. The molecular weight excluding hydrogens is 272 g/mol. The van der Waals surface area contributed by atoms with Crippen molar-refractivity contribution in [2.24, 2.45) is 5.73 Å². The molecule has 2 aromatic heterocycles. The first-order chi connectivity index (χ1) is 10.2. The molecule has 7 heteroatoms. The number of fused-ring (bicyclic) bond motifs is 3. The second kappa shape index (κ2) is 5.37. The van der Waals surface area contributed by atoms with Gasteiger partial charge in [-0.3, -0.25) is 4.79 Å². The van der Waals surface area contributed by atoms with E-state index in [0.717, 1.165) is 16.3 Å². The van der Waals surface area contributed by atoms with Crippen molar-refractivity contribution in [3.63, 3.8) is 0 Å². The quantitative estimate of drug-likeness (QED) is 0.605. The lowest BCUT2D eigenvalue weighted by Gasteiger charge is -2.08. The van der Waals surface area contributed by atoms with Crippen LogP contribution in [-0.4, -0.2) is 39.2 Å². The van der Waals surface area contributed by atoms with Gasteiger partial charge in [-0.1, -0.05) is 0 Å². The van der Waals surface area contributed by atoms with Crippen molar-refractivity contribution >= 4 is 27.8 Å². The zero-order valence-corrected chi connectivity index (χ0v) is 11.2. The molecule has 0 fully saturated rings. The number of primary amides is 1. The van der Waals surface area contributed by atoms with Crippen molar-refractivity contribution in [1.82, 2.24) is 15.0 Å². The lowest BCUT2D eigenvalue weighted by atomic mass is 10.1. The van der Waals surface area contributed by atoms with Gasteiger partial charge in [0.05, 0.1) is 12.1 Å². The van der Waals surface area contributed by atoms with Gasteiger partial charge in [-0.2, -0.15) is 0 Å². The molecule has 7 nitrogen and oxygen atoms in total. The summed E-state index contributed by atoms with van der Waals surface area (Å²) < 4.78 is 5.63. The number of aromatic amines is 1. The van der Waals surface area contributed by atoms with Gasteiger partial charge < -0.3 is 20.6 Å². The van der Waals surface area contributed by atoms with E-state index in [1.54, 1.807) is 18.3 Å². The van der Waals surface area contributed by atoms with E-state index in [0.29, 0.717) is 30.0 Å². The lowest BCUT2D eigenvalue weighted by molar-refractivity contribution is 0.1000. The molecule has 0 radical (unpaired) electrons. The van der Waals surface area contributed by atoms with Crippen LogP contribution in [0.1, 0.15) is 16.8 Å². The predicted octanol–water partition coefficient (Wildman–Crippen LogP) is 0.971. The Bertz CT molecular complexity index is 812. The number of aliphatic hydroxyl groups is 1. The van der Waals surface area contributed by atoms with E-state index >= 15 is 0 Å². The Morgan fingerprint density at radius 1 is 1.38 bits per heavy atom. The second-order valence-electron chi connectivity index (χ2n) is 4.60. The van der Waals surface area contributed by atoms with E-state index in [1.165, 1.54) is 6.33 Å². The van der Waals surface area contributed by atoms with Gasteiger partial charge >= 0.3 is 0 Å². The third-order valence-corrected chi connectivity index (χ3v) is 3.19. The Kier molecular flexibility index (Phi) is 3.41. The predicted molar refractivity (Wildman–Crippen MR) is 77.1 cm³/mol. The first kappa shape index (κ1) is 13.3. The highest BCUT2D eigenvalue weighted by Crippen LogP contribution is 2.32. The summed E-state index contributed by atoms with van der Waals surface area (Å²) in [4.78, 5) is 22.8. The maximum atomic E-state index is 11.5. The summed E-state index contributed by atoms with van der Waals surface area (Å²) >= 11 is 0.